The minimum atomic E-state index is -0.0555. The molecule has 1 saturated heterocycles. The maximum absolute atomic E-state index is 12.3. The summed E-state index contributed by atoms with van der Waals surface area (Å²) < 4.78 is 0. The summed E-state index contributed by atoms with van der Waals surface area (Å²) in [5.41, 5.74) is 2.61. The van der Waals surface area contributed by atoms with Gasteiger partial charge < -0.3 is 15.5 Å². The van der Waals surface area contributed by atoms with Crippen molar-refractivity contribution in [3.63, 3.8) is 0 Å². The zero-order valence-electron chi connectivity index (χ0n) is 16.2. The number of halogens is 1. The van der Waals surface area contributed by atoms with Crippen molar-refractivity contribution in [3.05, 3.63) is 29.8 Å². The van der Waals surface area contributed by atoms with Gasteiger partial charge in [0.1, 0.15) is 0 Å². The fourth-order valence-electron chi connectivity index (χ4n) is 5.05. The second kappa shape index (κ2) is 8.80. The molecule has 148 valence electrons. The molecule has 27 heavy (non-hydrogen) atoms. The summed E-state index contributed by atoms with van der Waals surface area (Å²) in [6.45, 7) is 3.01. The van der Waals surface area contributed by atoms with E-state index in [1.165, 1.54) is 38.5 Å². The van der Waals surface area contributed by atoms with Crippen LogP contribution in [-0.2, 0) is 4.79 Å². The van der Waals surface area contributed by atoms with Gasteiger partial charge in [0, 0.05) is 32.4 Å². The SMILES string of the molecule is CN=C(NCCC1C(=O)Nc2ccccc21)N1CCC2(CCCCC2)C1.I. The molecule has 1 atom stereocenters. The fourth-order valence-corrected chi connectivity index (χ4v) is 5.05. The van der Waals surface area contributed by atoms with Gasteiger partial charge in [0.2, 0.25) is 5.91 Å². The van der Waals surface area contributed by atoms with Crippen LogP contribution in [0.3, 0.4) is 0 Å². The summed E-state index contributed by atoms with van der Waals surface area (Å²) in [6.07, 6.45) is 9.01. The average molecular weight is 482 g/mol. The third-order valence-corrected chi connectivity index (χ3v) is 6.49. The summed E-state index contributed by atoms with van der Waals surface area (Å²) >= 11 is 0. The first kappa shape index (κ1) is 20.4. The maximum Gasteiger partial charge on any atom is 0.232 e. The number of likely N-dealkylation sites (tertiary alicyclic amines) is 1. The van der Waals surface area contributed by atoms with Gasteiger partial charge in [-0.1, -0.05) is 37.5 Å². The Labute approximate surface area is 179 Å². The lowest BCUT2D eigenvalue weighted by atomic mass is 9.73. The van der Waals surface area contributed by atoms with Crippen LogP contribution in [0.4, 0.5) is 5.69 Å². The molecule has 1 saturated carbocycles. The van der Waals surface area contributed by atoms with Crippen molar-refractivity contribution in [2.24, 2.45) is 10.4 Å². The number of hydrogen-bond acceptors (Lipinski definition) is 2. The minimum Gasteiger partial charge on any atom is -0.356 e. The average Bonchev–Trinajstić information content (AvgIpc) is 3.20. The van der Waals surface area contributed by atoms with Crippen LogP contribution in [0.15, 0.2) is 29.3 Å². The normalized spacial score (nSPS) is 23.7. The molecule has 0 aromatic heterocycles. The maximum atomic E-state index is 12.3. The first-order valence-corrected chi connectivity index (χ1v) is 10.1. The van der Waals surface area contributed by atoms with Crippen molar-refractivity contribution in [1.82, 2.24) is 10.2 Å². The summed E-state index contributed by atoms with van der Waals surface area (Å²) in [7, 11) is 1.87. The van der Waals surface area contributed by atoms with E-state index >= 15 is 0 Å². The fraction of sp³-hybridized carbons (Fsp3) is 0.619. The largest absolute Gasteiger partial charge is 0.356 e. The number of para-hydroxylation sites is 1. The van der Waals surface area contributed by atoms with Crippen LogP contribution in [0.5, 0.6) is 0 Å². The zero-order valence-corrected chi connectivity index (χ0v) is 18.5. The first-order chi connectivity index (χ1) is 12.7. The highest BCUT2D eigenvalue weighted by atomic mass is 127. The van der Waals surface area contributed by atoms with E-state index in [2.05, 4.69) is 26.6 Å². The number of aliphatic imine (C=N–C) groups is 1. The number of amides is 1. The van der Waals surface area contributed by atoms with E-state index in [1.54, 1.807) is 0 Å². The second-order valence-electron chi connectivity index (χ2n) is 8.12. The molecule has 1 spiro atoms. The molecule has 2 heterocycles. The molecule has 0 radical (unpaired) electrons. The Balaban J connectivity index is 0.00000210. The van der Waals surface area contributed by atoms with E-state index in [1.807, 2.05) is 25.2 Å². The number of rotatable bonds is 3. The van der Waals surface area contributed by atoms with Crippen LogP contribution in [0, 0.1) is 5.41 Å². The lowest BCUT2D eigenvalue weighted by molar-refractivity contribution is -0.117. The molecule has 1 amide bonds. The second-order valence-corrected chi connectivity index (χ2v) is 8.12. The molecule has 6 heteroatoms. The minimum absolute atomic E-state index is 0. The lowest BCUT2D eigenvalue weighted by Gasteiger charge is -2.33. The molecule has 1 unspecified atom stereocenters. The summed E-state index contributed by atoms with van der Waals surface area (Å²) in [4.78, 5) is 19.2. The van der Waals surface area contributed by atoms with Crippen molar-refractivity contribution in [2.45, 2.75) is 50.9 Å². The van der Waals surface area contributed by atoms with Gasteiger partial charge in [-0.2, -0.15) is 0 Å². The molecule has 5 nitrogen and oxygen atoms in total. The number of nitrogens with zero attached hydrogens (tertiary/aromatic N) is 2. The van der Waals surface area contributed by atoms with Crippen LogP contribution < -0.4 is 10.6 Å². The summed E-state index contributed by atoms with van der Waals surface area (Å²) in [5.74, 6) is 1.06. The molecule has 1 aromatic carbocycles. The number of benzene rings is 1. The van der Waals surface area contributed by atoms with Gasteiger partial charge in [-0.3, -0.25) is 9.79 Å². The Kier molecular flexibility index (Phi) is 6.65. The van der Waals surface area contributed by atoms with Crippen LogP contribution >= 0.6 is 24.0 Å². The number of fused-ring (bicyclic) bond motifs is 1. The predicted octanol–water partition coefficient (Wildman–Crippen LogP) is 3.96. The van der Waals surface area contributed by atoms with Crippen LogP contribution in [0.25, 0.3) is 0 Å². The van der Waals surface area contributed by atoms with Crippen molar-refractivity contribution >= 4 is 41.5 Å². The van der Waals surface area contributed by atoms with E-state index in [-0.39, 0.29) is 35.8 Å². The van der Waals surface area contributed by atoms with Gasteiger partial charge in [0.25, 0.3) is 0 Å². The predicted molar refractivity (Wildman–Crippen MR) is 121 cm³/mol. The standard InChI is InChI=1S/C21H30N4O.HI/c1-22-20(25-14-12-21(15-25)10-5-2-6-11-21)23-13-9-17-16-7-3-4-8-18(16)24-19(17)26;/h3-4,7-8,17H,2,5-6,9-15H2,1H3,(H,22,23)(H,24,26);1H. The lowest BCUT2D eigenvalue weighted by Crippen LogP contribution is -2.42. The molecular weight excluding hydrogens is 451 g/mol. The number of carbonyl (C=O) groups is 1. The topological polar surface area (TPSA) is 56.7 Å². The molecular formula is C21H31IN4O. The van der Waals surface area contributed by atoms with E-state index in [9.17, 15) is 4.79 Å². The van der Waals surface area contributed by atoms with Crippen LogP contribution in [-0.4, -0.2) is 43.4 Å². The number of hydrogen-bond donors (Lipinski definition) is 2. The molecule has 2 fully saturated rings. The number of anilines is 1. The quantitative estimate of drug-likeness (QED) is 0.390. The highest BCUT2D eigenvalue weighted by Crippen LogP contribution is 2.43. The Bertz CT molecular complexity index is 699. The molecule has 2 N–H and O–H groups in total. The summed E-state index contributed by atoms with van der Waals surface area (Å²) in [5, 5.41) is 6.49. The van der Waals surface area contributed by atoms with Gasteiger partial charge in [-0.25, -0.2) is 0 Å². The van der Waals surface area contributed by atoms with Crippen molar-refractivity contribution in [2.75, 3.05) is 32.0 Å². The van der Waals surface area contributed by atoms with Gasteiger partial charge in [0.15, 0.2) is 5.96 Å². The van der Waals surface area contributed by atoms with Crippen molar-refractivity contribution < 1.29 is 4.79 Å². The first-order valence-electron chi connectivity index (χ1n) is 10.1. The van der Waals surface area contributed by atoms with Gasteiger partial charge >= 0.3 is 0 Å². The third kappa shape index (κ3) is 4.25. The van der Waals surface area contributed by atoms with E-state index in [4.69, 9.17) is 0 Å². The van der Waals surface area contributed by atoms with Gasteiger partial charge in [0.05, 0.1) is 5.92 Å². The highest BCUT2D eigenvalue weighted by Gasteiger charge is 2.39. The van der Waals surface area contributed by atoms with Gasteiger partial charge in [-0.05, 0) is 42.7 Å². The summed E-state index contributed by atoms with van der Waals surface area (Å²) in [6, 6.07) is 8.01. The van der Waals surface area contributed by atoms with Crippen molar-refractivity contribution in [3.8, 4) is 0 Å². The highest BCUT2D eigenvalue weighted by molar-refractivity contribution is 14.0. The number of nitrogens with one attached hydrogen (secondary N) is 2. The van der Waals surface area contributed by atoms with Crippen LogP contribution in [0.1, 0.15) is 56.4 Å². The molecule has 1 aliphatic carbocycles. The Morgan fingerprint density at radius 3 is 2.81 bits per heavy atom. The molecule has 4 rings (SSSR count). The van der Waals surface area contributed by atoms with Gasteiger partial charge in [-0.15, -0.1) is 24.0 Å². The monoisotopic (exact) mass is 482 g/mol. The number of carbonyl (C=O) groups excluding carboxylic acids is 1. The Hall–Kier alpha value is -1.31. The molecule has 1 aromatic rings. The molecule has 3 aliphatic rings. The zero-order chi connectivity index (χ0) is 18.0. The van der Waals surface area contributed by atoms with E-state index < -0.39 is 0 Å². The molecule has 0 bridgehead atoms. The third-order valence-electron chi connectivity index (χ3n) is 6.49. The van der Waals surface area contributed by atoms with Crippen LogP contribution in [0.2, 0.25) is 0 Å². The smallest absolute Gasteiger partial charge is 0.232 e. The number of guanidine groups is 1. The molecule has 2 aliphatic heterocycles. The van der Waals surface area contributed by atoms with E-state index in [0.717, 1.165) is 43.3 Å². The van der Waals surface area contributed by atoms with E-state index in [0.29, 0.717) is 5.41 Å². The Morgan fingerprint density at radius 1 is 1.26 bits per heavy atom. The Morgan fingerprint density at radius 2 is 2.04 bits per heavy atom. The van der Waals surface area contributed by atoms with Crippen molar-refractivity contribution in [1.29, 1.82) is 0 Å².